The molecule has 110 valence electrons. The topological polar surface area (TPSA) is 83.6 Å². The fourth-order valence-corrected chi connectivity index (χ4v) is 4.50. The van der Waals surface area contributed by atoms with E-state index in [-0.39, 0.29) is 29.7 Å². The first-order valence-corrected chi connectivity index (χ1v) is 8.03. The van der Waals surface area contributed by atoms with Gasteiger partial charge in [0, 0.05) is 18.1 Å². The quantitative estimate of drug-likeness (QED) is 0.820. The van der Waals surface area contributed by atoms with Crippen molar-refractivity contribution in [2.24, 2.45) is 5.92 Å². The van der Waals surface area contributed by atoms with Gasteiger partial charge in [-0.1, -0.05) is 11.6 Å². The Labute approximate surface area is 121 Å². The first-order chi connectivity index (χ1) is 9.24. The average molecular weight is 321 g/mol. The highest BCUT2D eigenvalue weighted by molar-refractivity contribution is 7.89. The van der Waals surface area contributed by atoms with Crippen LogP contribution in [0.1, 0.15) is 12.8 Å². The summed E-state index contributed by atoms with van der Waals surface area (Å²) >= 11 is 5.73. The van der Waals surface area contributed by atoms with E-state index in [1.165, 1.54) is 0 Å². The Kier molecular flexibility index (Phi) is 3.02. The highest BCUT2D eigenvalue weighted by Gasteiger charge is 2.55. The van der Waals surface area contributed by atoms with E-state index in [1.54, 1.807) is 0 Å². The van der Waals surface area contributed by atoms with E-state index < -0.39 is 26.3 Å². The van der Waals surface area contributed by atoms with Gasteiger partial charge in [0.05, 0.1) is 11.3 Å². The van der Waals surface area contributed by atoms with Crippen molar-refractivity contribution in [3.8, 4) is 0 Å². The van der Waals surface area contributed by atoms with E-state index in [0.29, 0.717) is 0 Å². The van der Waals surface area contributed by atoms with Crippen LogP contribution in [0.4, 0.5) is 10.1 Å². The van der Waals surface area contributed by atoms with E-state index in [2.05, 4.69) is 0 Å². The first kappa shape index (κ1) is 14.1. The molecule has 1 aromatic carbocycles. The Morgan fingerprint density at radius 2 is 2.00 bits per heavy atom. The zero-order valence-electron chi connectivity index (χ0n) is 10.5. The predicted octanol–water partition coefficient (Wildman–Crippen LogP) is 1.21. The van der Waals surface area contributed by atoms with Crippen LogP contribution in [0.15, 0.2) is 17.0 Å². The highest BCUT2D eigenvalue weighted by Crippen LogP contribution is 2.46. The summed E-state index contributed by atoms with van der Waals surface area (Å²) in [7, 11) is -4.02. The smallest absolute Gasteiger partial charge is 0.246 e. The SMILES string of the molecule is Nc1cc(Cl)cc(S(=O)(=O)N2CC(O)(C3CC3)C2)c1F. The molecule has 5 nitrogen and oxygen atoms in total. The lowest BCUT2D eigenvalue weighted by atomic mass is 9.91. The predicted molar refractivity (Wildman–Crippen MR) is 72.3 cm³/mol. The van der Waals surface area contributed by atoms with E-state index >= 15 is 0 Å². The number of rotatable bonds is 3. The van der Waals surface area contributed by atoms with Crippen LogP contribution in [0.25, 0.3) is 0 Å². The van der Waals surface area contributed by atoms with Crippen molar-refractivity contribution < 1.29 is 17.9 Å². The van der Waals surface area contributed by atoms with Crippen molar-refractivity contribution in [3.05, 3.63) is 23.0 Å². The van der Waals surface area contributed by atoms with Gasteiger partial charge in [-0.15, -0.1) is 0 Å². The second-order valence-electron chi connectivity index (χ2n) is 5.46. The van der Waals surface area contributed by atoms with Crippen molar-refractivity contribution in [2.45, 2.75) is 23.3 Å². The number of nitrogens with zero attached hydrogens (tertiary/aromatic N) is 1. The lowest BCUT2D eigenvalue weighted by Crippen LogP contribution is -2.64. The maximum absolute atomic E-state index is 13.9. The van der Waals surface area contributed by atoms with Crippen LogP contribution in [0, 0.1) is 11.7 Å². The summed E-state index contributed by atoms with van der Waals surface area (Å²) in [6, 6.07) is 2.20. The van der Waals surface area contributed by atoms with Gasteiger partial charge in [-0.25, -0.2) is 12.8 Å². The molecule has 1 aliphatic heterocycles. The maximum atomic E-state index is 13.9. The number of sulfonamides is 1. The minimum absolute atomic E-state index is 0.00808. The van der Waals surface area contributed by atoms with Gasteiger partial charge < -0.3 is 10.8 Å². The fourth-order valence-electron chi connectivity index (χ4n) is 2.52. The molecule has 8 heteroatoms. The maximum Gasteiger partial charge on any atom is 0.246 e. The summed E-state index contributed by atoms with van der Waals surface area (Å²) in [6.07, 6.45) is 1.81. The molecule has 0 bridgehead atoms. The molecule has 2 fully saturated rings. The number of hydrogen-bond acceptors (Lipinski definition) is 4. The molecule has 20 heavy (non-hydrogen) atoms. The molecule has 0 aromatic heterocycles. The van der Waals surface area contributed by atoms with Gasteiger partial charge in [0.1, 0.15) is 4.90 Å². The fraction of sp³-hybridized carbons (Fsp3) is 0.500. The van der Waals surface area contributed by atoms with Crippen molar-refractivity contribution >= 4 is 27.3 Å². The number of anilines is 1. The van der Waals surface area contributed by atoms with Crippen LogP contribution in [0.2, 0.25) is 5.02 Å². The lowest BCUT2D eigenvalue weighted by molar-refractivity contribution is -0.0765. The summed E-state index contributed by atoms with van der Waals surface area (Å²) in [4.78, 5) is -0.541. The van der Waals surface area contributed by atoms with Gasteiger partial charge in [-0.3, -0.25) is 0 Å². The summed E-state index contributed by atoms with van der Waals surface area (Å²) in [5.41, 5.74) is 4.12. The molecule has 1 saturated heterocycles. The lowest BCUT2D eigenvalue weighted by Gasteiger charge is -2.45. The zero-order chi connectivity index (χ0) is 14.7. The largest absolute Gasteiger partial charge is 0.396 e. The minimum Gasteiger partial charge on any atom is -0.396 e. The van der Waals surface area contributed by atoms with Crippen molar-refractivity contribution in [2.75, 3.05) is 18.8 Å². The zero-order valence-corrected chi connectivity index (χ0v) is 12.1. The molecule has 0 radical (unpaired) electrons. The van der Waals surface area contributed by atoms with E-state index in [0.717, 1.165) is 29.3 Å². The van der Waals surface area contributed by atoms with Crippen molar-refractivity contribution in [1.29, 1.82) is 0 Å². The molecular formula is C12H14ClFN2O3S. The van der Waals surface area contributed by atoms with Gasteiger partial charge in [0.25, 0.3) is 0 Å². The standard InChI is InChI=1S/C12H14ClFN2O3S/c13-8-3-9(15)11(14)10(4-8)20(18,19)16-5-12(17,6-16)7-1-2-7/h3-4,7,17H,1-2,5-6,15H2. The van der Waals surface area contributed by atoms with Gasteiger partial charge in [0.15, 0.2) is 5.82 Å². The van der Waals surface area contributed by atoms with Gasteiger partial charge in [0.2, 0.25) is 10.0 Å². The number of benzene rings is 1. The second-order valence-corrected chi connectivity index (χ2v) is 7.80. The minimum atomic E-state index is -4.02. The number of nitrogen functional groups attached to an aromatic ring is 1. The summed E-state index contributed by atoms with van der Waals surface area (Å²) in [6.45, 7) is -0.0162. The number of β-amino-alcohol motifs (C(OH)–C–C–N with tert-alkyl or cyclic N) is 1. The Morgan fingerprint density at radius 1 is 1.40 bits per heavy atom. The van der Waals surface area contributed by atoms with E-state index in [9.17, 15) is 17.9 Å². The molecule has 0 spiro atoms. The molecular weight excluding hydrogens is 307 g/mol. The second kappa shape index (κ2) is 4.30. The average Bonchev–Trinajstić information content (AvgIpc) is 3.13. The monoisotopic (exact) mass is 320 g/mol. The van der Waals surface area contributed by atoms with E-state index in [1.807, 2.05) is 0 Å². The molecule has 3 N–H and O–H groups in total. The Hall–Kier alpha value is -0.890. The van der Waals surface area contributed by atoms with Crippen LogP contribution in [-0.2, 0) is 10.0 Å². The van der Waals surface area contributed by atoms with Crippen molar-refractivity contribution in [3.63, 3.8) is 0 Å². The summed E-state index contributed by atoms with van der Waals surface area (Å²) in [5, 5.41) is 10.2. The molecule has 1 aliphatic carbocycles. The van der Waals surface area contributed by atoms with Crippen LogP contribution in [-0.4, -0.2) is 36.5 Å². The third-order valence-corrected chi connectivity index (χ3v) is 5.90. The summed E-state index contributed by atoms with van der Waals surface area (Å²) < 4.78 is 39.6. The Morgan fingerprint density at radius 3 is 2.55 bits per heavy atom. The van der Waals surface area contributed by atoms with Gasteiger partial charge in [-0.2, -0.15) is 4.31 Å². The number of hydrogen-bond donors (Lipinski definition) is 2. The number of nitrogens with two attached hydrogens (primary N) is 1. The molecule has 0 atom stereocenters. The van der Waals surface area contributed by atoms with Gasteiger partial charge >= 0.3 is 0 Å². The molecule has 1 heterocycles. The third kappa shape index (κ3) is 2.09. The third-order valence-electron chi connectivity index (χ3n) is 3.89. The molecule has 3 rings (SSSR count). The van der Waals surface area contributed by atoms with Crippen LogP contribution < -0.4 is 5.73 Å². The molecule has 0 unspecified atom stereocenters. The first-order valence-electron chi connectivity index (χ1n) is 6.21. The Balaban J connectivity index is 1.90. The molecule has 1 saturated carbocycles. The van der Waals surface area contributed by atoms with E-state index in [4.69, 9.17) is 17.3 Å². The normalized spacial score (nSPS) is 22.6. The van der Waals surface area contributed by atoms with Gasteiger partial charge in [-0.05, 0) is 30.9 Å². The van der Waals surface area contributed by atoms with Crippen LogP contribution in [0.5, 0.6) is 0 Å². The molecule has 0 amide bonds. The van der Waals surface area contributed by atoms with Crippen molar-refractivity contribution in [1.82, 2.24) is 4.31 Å². The summed E-state index contributed by atoms with van der Waals surface area (Å²) in [5.74, 6) is -0.848. The highest BCUT2D eigenvalue weighted by atomic mass is 35.5. The molecule has 2 aliphatic rings. The van der Waals surface area contributed by atoms with Crippen LogP contribution >= 0.6 is 11.6 Å². The van der Waals surface area contributed by atoms with Crippen LogP contribution in [0.3, 0.4) is 0 Å². The molecule has 1 aromatic rings. The number of aliphatic hydroxyl groups is 1. The Bertz CT molecular complexity index is 670. The number of halogens is 2.